The lowest BCUT2D eigenvalue weighted by molar-refractivity contribution is -0.402. The van der Waals surface area contributed by atoms with Crippen molar-refractivity contribution in [3.05, 3.63) is 64.2 Å². The molecule has 0 spiro atoms. The zero-order valence-corrected chi connectivity index (χ0v) is 13.5. The number of hydrogen-bond donors (Lipinski definition) is 2. The van der Waals surface area contributed by atoms with Crippen LogP contribution in [0.5, 0.6) is 5.75 Å². The van der Waals surface area contributed by atoms with Crippen molar-refractivity contribution in [2.45, 2.75) is 13.0 Å². The van der Waals surface area contributed by atoms with E-state index in [9.17, 15) is 24.1 Å². The molecule has 0 aliphatic rings. The highest BCUT2D eigenvalue weighted by Crippen LogP contribution is 2.17. The van der Waals surface area contributed by atoms with Crippen LogP contribution in [0.1, 0.15) is 12.7 Å². The first-order chi connectivity index (χ1) is 12.4. The highest BCUT2D eigenvalue weighted by molar-refractivity contribution is 5.93. The normalized spacial score (nSPS) is 11.8. The first kappa shape index (κ1) is 18.6. The zero-order valence-electron chi connectivity index (χ0n) is 13.5. The quantitative estimate of drug-likeness (QED) is 0.459. The molecule has 136 valence electrons. The number of benzene rings is 1. The van der Waals surface area contributed by atoms with Gasteiger partial charge in [-0.25, -0.2) is 4.39 Å². The molecule has 1 atom stereocenters. The molecule has 9 nitrogen and oxygen atoms in total. The van der Waals surface area contributed by atoms with Crippen molar-refractivity contribution in [2.24, 2.45) is 0 Å². The highest BCUT2D eigenvalue weighted by atomic mass is 19.1. The summed E-state index contributed by atoms with van der Waals surface area (Å²) in [4.78, 5) is 33.2. The Kier molecular flexibility index (Phi) is 6.04. The molecule has 0 fully saturated rings. The van der Waals surface area contributed by atoms with Crippen LogP contribution in [0.25, 0.3) is 6.08 Å². The Balaban J connectivity index is 1.82. The molecule has 0 unspecified atom stereocenters. The summed E-state index contributed by atoms with van der Waals surface area (Å²) in [7, 11) is 0. The van der Waals surface area contributed by atoms with Gasteiger partial charge in [0.25, 0.3) is 11.8 Å². The molecule has 0 bridgehead atoms. The van der Waals surface area contributed by atoms with Gasteiger partial charge in [0.15, 0.2) is 17.7 Å². The number of carbonyl (C=O) groups is 2. The lowest BCUT2D eigenvalue weighted by Crippen LogP contribution is -2.46. The van der Waals surface area contributed by atoms with E-state index in [2.05, 4.69) is 10.9 Å². The van der Waals surface area contributed by atoms with E-state index in [1.165, 1.54) is 37.3 Å². The number of furan rings is 1. The van der Waals surface area contributed by atoms with Gasteiger partial charge < -0.3 is 9.15 Å². The summed E-state index contributed by atoms with van der Waals surface area (Å²) in [5.74, 6) is -2.50. The smallest absolute Gasteiger partial charge is 0.433 e. The number of hydrogen-bond acceptors (Lipinski definition) is 6. The lowest BCUT2D eigenvalue weighted by Gasteiger charge is -2.15. The molecule has 0 aliphatic heterocycles. The molecular formula is C16H14FN3O6. The van der Waals surface area contributed by atoms with E-state index >= 15 is 0 Å². The Hall–Kier alpha value is -3.69. The van der Waals surface area contributed by atoms with Crippen molar-refractivity contribution >= 4 is 23.8 Å². The van der Waals surface area contributed by atoms with Crippen LogP contribution in [0, 0.1) is 15.9 Å². The molecule has 2 N–H and O–H groups in total. The number of rotatable bonds is 6. The van der Waals surface area contributed by atoms with Gasteiger partial charge in [0.2, 0.25) is 0 Å². The van der Waals surface area contributed by atoms with Crippen molar-refractivity contribution in [3.63, 3.8) is 0 Å². The van der Waals surface area contributed by atoms with E-state index in [-0.39, 0.29) is 11.5 Å². The molecule has 0 aliphatic carbocycles. The maximum atomic E-state index is 13.5. The van der Waals surface area contributed by atoms with Gasteiger partial charge in [0, 0.05) is 6.08 Å². The van der Waals surface area contributed by atoms with Gasteiger partial charge >= 0.3 is 5.88 Å². The van der Waals surface area contributed by atoms with Crippen LogP contribution < -0.4 is 15.6 Å². The topological polar surface area (TPSA) is 124 Å². The maximum absolute atomic E-state index is 13.5. The number of carbonyl (C=O) groups excluding carboxylic acids is 2. The van der Waals surface area contributed by atoms with Crippen LogP contribution in [-0.2, 0) is 9.59 Å². The first-order valence-electron chi connectivity index (χ1n) is 7.30. The minimum Gasteiger partial charge on any atom is -0.478 e. The number of ether oxygens (including phenoxy) is 1. The third-order valence-electron chi connectivity index (χ3n) is 3.01. The largest absolute Gasteiger partial charge is 0.478 e. The fourth-order valence-corrected chi connectivity index (χ4v) is 1.74. The molecule has 1 aromatic heterocycles. The Labute approximate surface area is 146 Å². The lowest BCUT2D eigenvalue weighted by atomic mass is 10.3. The number of nitro groups is 1. The molecule has 2 aromatic rings. The van der Waals surface area contributed by atoms with Crippen molar-refractivity contribution < 1.29 is 28.1 Å². The molecule has 0 saturated carbocycles. The van der Waals surface area contributed by atoms with Gasteiger partial charge in [-0.15, -0.1) is 0 Å². The third-order valence-corrected chi connectivity index (χ3v) is 3.01. The summed E-state index contributed by atoms with van der Waals surface area (Å²) in [6.45, 7) is 1.38. The van der Waals surface area contributed by atoms with Gasteiger partial charge in [-0.2, -0.15) is 0 Å². The molecule has 26 heavy (non-hydrogen) atoms. The Morgan fingerprint density at radius 1 is 1.27 bits per heavy atom. The standard InChI is InChI=1S/C16H14FN3O6/c1-10(25-13-5-3-2-4-12(13)17)16(22)19-18-14(21)8-6-11-7-9-15(26-11)20(23)24/h2-10H,1H3,(H,18,21)(H,19,22)/b8-6+/t10-/m1/s1. The van der Waals surface area contributed by atoms with Crippen molar-refractivity contribution in [1.29, 1.82) is 0 Å². The zero-order chi connectivity index (χ0) is 19.1. The average molecular weight is 363 g/mol. The van der Waals surface area contributed by atoms with Crippen molar-refractivity contribution in [3.8, 4) is 5.75 Å². The first-order valence-corrected chi connectivity index (χ1v) is 7.30. The van der Waals surface area contributed by atoms with Crippen LogP contribution in [0.4, 0.5) is 10.3 Å². The van der Waals surface area contributed by atoms with E-state index in [4.69, 9.17) is 9.15 Å². The van der Waals surface area contributed by atoms with Crippen LogP contribution in [-0.4, -0.2) is 22.8 Å². The Bertz CT molecular complexity index is 848. The van der Waals surface area contributed by atoms with Crippen LogP contribution in [0.15, 0.2) is 46.9 Å². The molecule has 1 aromatic carbocycles. The van der Waals surface area contributed by atoms with Gasteiger partial charge in [-0.1, -0.05) is 12.1 Å². The molecule has 0 saturated heterocycles. The summed E-state index contributed by atoms with van der Waals surface area (Å²) < 4.78 is 23.4. The van der Waals surface area contributed by atoms with E-state index in [1.54, 1.807) is 6.07 Å². The Morgan fingerprint density at radius 2 is 2.00 bits per heavy atom. The van der Waals surface area contributed by atoms with Crippen LogP contribution >= 0.6 is 0 Å². The second kappa shape index (κ2) is 8.42. The number of amides is 2. The van der Waals surface area contributed by atoms with Gasteiger partial charge in [-0.05, 0) is 31.2 Å². The van der Waals surface area contributed by atoms with Gasteiger partial charge in [-0.3, -0.25) is 30.6 Å². The van der Waals surface area contributed by atoms with Crippen LogP contribution in [0.3, 0.4) is 0 Å². The maximum Gasteiger partial charge on any atom is 0.433 e. The Morgan fingerprint density at radius 3 is 2.65 bits per heavy atom. The monoisotopic (exact) mass is 363 g/mol. The fraction of sp³-hybridized carbons (Fsp3) is 0.125. The summed E-state index contributed by atoms with van der Waals surface area (Å²) in [6.07, 6.45) is 1.13. The molecule has 2 amide bonds. The molecule has 2 rings (SSSR count). The number of para-hydroxylation sites is 1. The number of hydrazine groups is 1. The highest BCUT2D eigenvalue weighted by Gasteiger charge is 2.16. The summed E-state index contributed by atoms with van der Waals surface area (Å²) >= 11 is 0. The van der Waals surface area contributed by atoms with E-state index in [0.717, 1.165) is 12.1 Å². The summed E-state index contributed by atoms with van der Waals surface area (Å²) in [5, 5.41) is 10.5. The second-order valence-electron chi connectivity index (χ2n) is 4.94. The summed E-state index contributed by atoms with van der Waals surface area (Å²) in [6, 6.07) is 8.03. The van der Waals surface area contributed by atoms with E-state index < -0.39 is 34.5 Å². The number of nitrogens with zero attached hydrogens (tertiary/aromatic N) is 1. The van der Waals surface area contributed by atoms with Crippen molar-refractivity contribution in [1.82, 2.24) is 10.9 Å². The second-order valence-corrected chi connectivity index (χ2v) is 4.94. The van der Waals surface area contributed by atoms with Gasteiger partial charge in [0.1, 0.15) is 10.7 Å². The van der Waals surface area contributed by atoms with Crippen molar-refractivity contribution in [2.75, 3.05) is 0 Å². The predicted molar refractivity (Wildman–Crippen MR) is 87.2 cm³/mol. The number of halogens is 1. The van der Waals surface area contributed by atoms with E-state index in [1.807, 2.05) is 0 Å². The molecule has 1 heterocycles. The molecule has 10 heteroatoms. The molecule has 0 radical (unpaired) electrons. The fourth-order valence-electron chi connectivity index (χ4n) is 1.74. The van der Waals surface area contributed by atoms with E-state index in [0.29, 0.717) is 0 Å². The van der Waals surface area contributed by atoms with Gasteiger partial charge in [0.05, 0.1) is 6.07 Å². The third kappa shape index (κ3) is 5.16. The minimum atomic E-state index is -1.07. The average Bonchev–Trinajstić information content (AvgIpc) is 3.09. The SMILES string of the molecule is C[C@@H](Oc1ccccc1F)C(=O)NNC(=O)/C=C/c1ccc([N+](=O)[O-])o1. The number of nitrogens with one attached hydrogen (secondary N) is 2. The summed E-state index contributed by atoms with van der Waals surface area (Å²) in [5.41, 5.74) is 4.19. The molecular weight excluding hydrogens is 349 g/mol. The minimum absolute atomic E-state index is 0.0921. The predicted octanol–water partition coefficient (Wildman–Crippen LogP) is 1.95. The van der Waals surface area contributed by atoms with Crippen LogP contribution in [0.2, 0.25) is 0 Å².